The summed E-state index contributed by atoms with van der Waals surface area (Å²) in [5.74, 6) is 2.85. The molecule has 3 aromatic rings. The minimum atomic E-state index is -0.286. The summed E-state index contributed by atoms with van der Waals surface area (Å²) < 4.78 is 5.61. The molecular formula is C22H22N4O2. The molecule has 1 aliphatic heterocycles. The fourth-order valence-corrected chi connectivity index (χ4v) is 4.46. The molecule has 5 rings (SSSR count). The molecule has 28 heavy (non-hydrogen) atoms. The number of anilines is 2. The maximum atomic E-state index is 12.5. The van der Waals surface area contributed by atoms with Crippen LogP contribution in [0.3, 0.4) is 0 Å². The zero-order chi connectivity index (χ0) is 19.1. The van der Waals surface area contributed by atoms with Gasteiger partial charge in [-0.25, -0.2) is 4.79 Å². The predicted octanol–water partition coefficient (Wildman–Crippen LogP) is 3.82. The average Bonchev–Trinajstić information content (AvgIpc) is 3.18. The van der Waals surface area contributed by atoms with E-state index in [0.29, 0.717) is 11.6 Å². The third-order valence-electron chi connectivity index (χ3n) is 5.87. The van der Waals surface area contributed by atoms with E-state index in [9.17, 15) is 4.79 Å². The van der Waals surface area contributed by atoms with Crippen LogP contribution in [0.5, 0.6) is 5.75 Å². The first-order valence-electron chi connectivity index (χ1n) is 9.54. The van der Waals surface area contributed by atoms with E-state index < -0.39 is 0 Å². The summed E-state index contributed by atoms with van der Waals surface area (Å²) in [7, 11) is 1.68. The van der Waals surface area contributed by atoms with Crippen molar-refractivity contribution in [1.29, 1.82) is 0 Å². The largest absolute Gasteiger partial charge is 0.496 e. The van der Waals surface area contributed by atoms with Crippen LogP contribution >= 0.6 is 0 Å². The van der Waals surface area contributed by atoms with Gasteiger partial charge in [-0.15, -0.1) is 0 Å². The number of ether oxygens (including phenoxy) is 1. The van der Waals surface area contributed by atoms with Crippen molar-refractivity contribution in [2.24, 2.45) is 11.8 Å². The Hall–Kier alpha value is -3.12. The molecule has 1 aliphatic carbocycles. The maximum Gasteiger partial charge on any atom is 0.323 e. The van der Waals surface area contributed by atoms with Crippen LogP contribution in [0.25, 0.3) is 10.8 Å². The zero-order valence-electron chi connectivity index (χ0n) is 15.6. The van der Waals surface area contributed by atoms with Gasteiger partial charge in [0.05, 0.1) is 12.8 Å². The Bertz CT molecular complexity index is 1040. The molecule has 6 nitrogen and oxygen atoms in total. The Morgan fingerprint density at radius 2 is 2.00 bits per heavy atom. The van der Waals surface area contributed by atoms with E-state index in [4.69, 9.17) is 4.74 Å². The minimum Gasteiger partial charge on any atom is -0.496 e. The van der Waals surface area contributed by atoms with E-state index >= 15 is 0 Å². The number of nitrogens with one attached hydrogen (secondary N) is 3. The molecule has 3 N–H and O–H groups in total. The highest BCUT2D eigenvalue weighted by atomic mass is 16.5. The number of hydrogen-bond donors (Lipinski definition) is 3. The topological polar surface area (TPSA) is 75.3 Å². The number of fused-ring (bicyclic) bond motifs is 2. The van der Waals surface area contributed by atoms with Crippen molar-refractivity contribution in [2.75, 3.05) is 30.8 Å². The molecule has 1 saturated heterocycles. The quantitative estimate of drug-likeness (QED) is 0.649. The summed E-state index contributed by atoms with van der Waals surface area (Å²) >= 11 is 0. The van der Waals surface area contributed by atoms with Gasteiger partial charge < -0.3 is 20.7 Å². The van der Waals surface area contributed by atoms with E-state index in [0.717, 1.165) is 47.1 Å². The monoisotopic (exact) mass is 374 g/mol. The number of carbonyl (C=O) groups excluding carboxylic acids is 1. The van der Waals surface area contributed by atoms with Crippen molar-refractivity contribution in [3.05, 3.63) is 60.4 Å². The van der Waals surface area contributed by atoms with E-state index in [1.807, 2.05) is 36.4 Å². The number of aromatic nitrogens is 1. The minimum absolute atomic E-state index is 0.286. The van der Waals surface area contributed by atoms with Gasteiger partial charge in [-0.2, -0.15) is 0 Å². The van der Waals surface area contributed by atoms with Crippen molar-refractivity contribution < 1.29 is 9.53 Å². The molecular weight excluding hydrogens is 352 g/mol. The number of methoxy groups -OCH3 is 1. The van der Waals surface area contributed by atoms with Gasteiger partial charge in [0.15, 0.2) is 0 Å². The molecule has 2 amide bonds. The van der Waals surface area contributed by atoms with Crippen molar-refractivity contribution in [3.63, 3.8) is 0 Å². The number of hydrogen-bond acceptors (Lipinski definition) is 4. The van der Waals surface area contributed by atoms with Gasteiger partial charge in [0.25, 0.3) is 0 Å². The Balaban J connectivity index is 1.32. The number of nitrogens with zero attached hydrogens (tertiary/aromatic N) is 1. The summed E-state index contributed by atoms with van der Waals surface area (Å²) in [5.41, 5.74) is 2.70. The first kappa shape index (κ1) is 17.0. The Morgan fingerprint density at radius 1 is 1.14 bits per heavy atom. The summed E-state index contributed by atoms with van der Waals surface area (Å²) in [6, 6.07) is 13.3. The lowest BCUT2D eigenvalue weighted by molar-refractivity contribution is 0.262. The third-order valence-corrected chi connectivity index (χ3v) is 5.87. The van der Waals surface area contributed by atoms with Gasteiger partial charge in [0, 0.05) is 34.9 Å². The smallest absolute Gasteiger partial charge is 0.323 e. The summed E-state index contributed by atoms with van der Waals surface area (Å²) in [5, 5.41) is 11.2. The molecule has 142 valence electrons. The highest BCUT2D eigenvalue weighted by molar-refractivity contribution is 6.06. The van der Waals surface area contributed by atoms with Crippen LogP contribution in [-0.4, -0.2) is 31.2 Å². The fourth-order valence-electron chi connectivity index (χ4n) is 4.46. The predicted molar refractivity (Wildman–Crippen MR) is 110 cm³/mol. The lowest BCUT2D eigenvalue weighted by atomic mass is 10.1. The zero-order valence-corrected chi connectivity index (χ0v) is 15.6. The third kappa shape index (κ3) is 2.96. The second-order valence-corrected chi connectivity index (χ2v) is 7.45. The van der Waals surface area contributed by atoms with Crippen molar-refractivity contribution in [2.45, 2.75) is 5.92 Å². The van der Waals surface area contributed by atoms with Crippen LogP contribution in [0.1, 0.15) is 11.5 Å². The Kier molecular flexibility index (Phi) is 4.13. The van der Waals surface area contributed by atoms with Crippen LogP contribution in [-0.2, 0) is 0 Å². The number of carbonyl (C=O) groups is 1. The number of piperidine rings is 1. The number of rotatable bonds is 4. The second-order valence-electron chi connectivity index (χ2n) is 7.45. The molecule has 2 unspecified atom stereocenters. The lowest BCUT2D eigenvalue weighted by Gasteiger charge is -2.14. The van der Waals surface area contributed by atoms with Gasteiger partial charge in [-0.05, 0) is 54.6 Å². The van der Waals surface area contributed by atoms with E-state index in [2.05, 4.69) is 27.0 Å². The van der Waals surface area contributed by atoms with E-state index in [-0.39, 0.29) is 6.03 Å². The van der Waals surface area contributed by atoms with E-state index in [1.54, 1.807) is 19.5 Å². The number of benzene rings is 2. The Labute approximate surface area is 163 Å². The molecule has 1 aromatic heterocycles. The van der Waals surface area contributed by atoms with Crippen LogP contribution in [0.15, 0.2) is 54.9 Å². The molecule has 0 radical (unpaired) electrons. The molecule has 2 heterocycles. The SMILES string of the molecule is COc1cc(NC(=O)Nc2cccc3cnccc23)ccc1C1C2CNCC21. The average molecular weight is 374 g/mol. The fraction of sp³-hybridized carbons (Fsp3) is 0.273. The molecule has 2 fully saturated rings. The van der Waals surface area contributed by atoms with Gasteiger partial charge in [0.1, 0.15) is 5.75 Å². The summed E-state index contributed by atoms with van der Waals surface area (Å²) in [6.07, 6.45) is 3.50. The van der Waals surface area contributed by atoms with Crippen molar-refractivity contribution >= 4 is 28.2 Å². The van der Waals surface area contributed by atoms with Crippen LogP contribution in [0.4, 0.5) is 16.2 Å². The molecule has 0 spiro atoms. The highest BCUT2D eigenvalue weighted by Crippen LogP contribution is 2.57. The normalized spacial score (nSPS) is 22.5. The number of urea groups is 1. The molecule has 2 atom stereocenters. The first-order valence-corrected chi connectivity index (χ1v) is 9.54. The molecule has 6 heteroatoms. The molecule has 2 aliphatic rings. The van der Waals surface area contributed by atoms with Crippen molar-refractivity contribution in [1.82, 2.24) is 10.3 Å². The molecule has 0 bridgehead atoms. The maximum absolute atomic E-state index is 12.5. The van der Waals surface area contributed by atoms with Crippen molar-refractivity contribution in [3.8, 4) is 5.75 Å². The summed E-state index contributed by atoms with van der Waals surface area (Å²) in [4.78, 5) is 16.7. The van der Waals surface area contributed by atoms with Crippen LogP contribution in [0, 0.1) is 11.8 Å². The Morgan fingerprint density at radius 3 is 2.82 bits per heavy atom. The van der Waals surface area contributed by atoms with E-state index in [1.165, 1.54) is 5.56 Å². The van der Waals surface area contributed by atoms with Crippen LogP contribution in [0.2, 0.25) is 0 Å². The highest BCUT2D eigenvalue weighted by Gasteiger charge is 2.54. The summed E-state index contributed by atoms with van der Waals surface area (Å²) in [6.45, 7) is 2.17. The molecule has 1 saturated carbocycles. The first-order chi connectivity index (χ1) is 13.7. The standard InChI is InChI=1S/C22H22N4O2/c1-28-20-9-14(5-6-16(20)21-17-11-24-12-18(17)21)25-22(27)26-19-4-2-3-13-10-23-8-7-15(13)19/h2-10,17-18,21,24H,11-12H2,1H3,(H2,25,26,27). The van der Waals surface area contributed by atoms with Gasteiger partial charge in [-0.3, -0.25) is 4.98 Å². The molecule has 2 aromatic carbocycles. The van der Waals surface area contributed by atoms with Crippen LogP contribution < -0.4 is 20.7 Å². The van der Waals surface area contributed by atoms with Gasteiger partial charge in [0.2, 0.25) is 0 Å². The van der Waals surface area contributed by atoms with Gasteiger partial charge in [-0.1, -0.05) is 18.2 Å². The number of amides is 2. The lowest BCUT2D eigenvalue weighted by Crippen LogP contribution is -2.19. The van der Waals surface area contributed by atoms with Gasteiger partial charge >= 0.3 is 6.03 Å². The second kappa shape index (κ2) is 6.80. The number of pyridine rings is 1.